The predicted molar refractivity (Wildman–Crippen MR) is 67.6 cm³/mol. The molecule has 8 heteroatoms. The van der Waals surface area contributed by atoms with Gasteiger partial charge in [-0.3, -0.25) is 0 Å². The number of nitrogens with zero attached hydrogens (tertiary/aromatic N) is 3. The van der Waals surface area contributed by atoms with Gasteiger partial charge in [-0.1, -0.05) is 6.07 Å². The van der Waals surface area contributed by atoms with Crippen LogP contribution in [-0.4, -0.2) is 14.8 Å². The monoisotopic (exact) mass is 302 g/mol. The zero-order valence-electron chi connectivity index (χ0n) is 11.3. The van der Waals surface area contributed by atoms with Crippen molar-refractivity contribution in [1.82, 2.24) is 20.1 Å². The minimum absolute atomic E-state index is 0.180. The molecule has 0 aliphatic rings. The number of aryl methyl sites for hydroxylation is 1. The number of alkyl halides is 3. The van der Waals surface area contributed by atoms with Gasteiger partial charge < -0.3 is 9.88 Å². The summed E-state index contributed by atoms with van der Waals surface area (Å²) in [5, 5.41) is 10.6. The van der Waals surface area contributed by atoms with Crippen LogP contribution in [0.3, 0.4) is 0 Å². The summed E-state index contributed by atoms with van der Waals surface area (Å²) in [7, 11) is 0. The van der Waals surface area contributed by atoms with Crippen molar-refractivity contribution in [2.24, 2.45) is 0 Å². The standard InChI is InChI=1S/C13H14F4N4/c1-2-21-8-19-20-12(21)7-18-6-9-3-4-11(14)10(5-9)13(15,16)17/h3-5,8,18H,2,6-7H2,1H3. The van der Waals surface area contributed by atoms with E-state index in [0.29, 0.717) is 24.5 Å². The van der Waals surface area contributed by atoms with Gasteiger partial charge in [0.2, 0.25) is 0 Å². The van der Waals surface area contributed by atoms with Gasteiger partial charge >= 0.3 is 6.18 Å². The molecule has 1 aromatic carbocycles. The van der Waals surface area contributed by atoms with Crippen molar-refractivity contribution in [2.75, 3.05) is 0 Å². The lowest BCUT2D eigenvalue weighted by atomic mass is 10.1. The molecule has 2 aromatic rings. The number of benzene rings is 1. The highest BCUT2D eigenvalue weighted by Crippen LogP contribution is 2.31. The Labute approximate surface area is 118 Å². The van der Waals surface area contributed by atoms with Crippen LogP contribution < -0.4 is 5.32 Å². The molecule has 0 saturated carbocycles. The van der Waals surface area contributed by atoms with Crippen LogP contribution in [0.2, 0.25) is 0 Å². The third-order valence-corrected chi connectivity index (χ3v) is 2.98. The first-order chi connectivity index (χ1) is 9.91. The van der Waals surface area contributed by atoms with Crippen LogP contribution in [-0.2, 0) is 25.8 Å². The van der Waals surface area contributed by atoms with Crippen molar-refractivity contribution in [2.45, 2.75) is 32.7 Å². The normalized spacial score (nSPS) is 11.9. The van der Waals surface area contributed by atoms with Gasteiger partial charge in [0.1, 0.15) is 18.0 Å². The highest BCUT2D eigenvalue weighted by Gasteiger charge is 2.34. The SMILES string of the molecule is CCn1cnnc1CNCc1ccc(F)c(C(F)(F)F)c1. The minimum Gasteiger partial charge on any atom is -0.317 e. The van der Waals surface area contributed by atoms with E-state index in [9.17, 15) is 17.6 Å². The molecule has 4 nitrogen and oxygen atoms in total. The van der Waals surface area contributed by atoms with Crippen LogP contribution in [0, 0.1) is 5.82 Å². The number of rotatable bonds is 5. The summed E-state index contributed by atoms with van der Waals surface area (Å²) < 4.78 is 52.7. The van der Waals surface area contributed by atoms with E-state index in [1.54, 1.807) is 6.33 Å². The largest absolute Gasteiger partial charge is 0.419 e. The van der Waals surface area contributed by atoms with Gasteiger partial charge in [0.05, 0.1) is 12.1 Å². The summed E-state index contributed by atoms with van der Waals surface area (Å²) in [5.74, 6) is -0.576. The maximum atomic E-state index is 13.1. The lowest BCUT2D eigenvalue weighted by molar-refractivity contribution is -0.140. The van der Waals surface area contributed by atoms with Gasteiger partial charge in [-0.05, 0) is 24.6 Å². The average Bonchev–Trinajstić information content (AvgIpc) is 2.87. The van der Waals surface area contributed by atoms with E-state index in [4.69, 9.17) is 0 Å². The zero-order valence-corrected chi connectivity index (χ0v) is 11.3. The highest BCUT2D eigenvalue weighted by atomic mass is 19.4. The van der Waals surface area contributed by atoms with Crippen molar-refractivity contribution in [3.63, 3.8) is 0 Å². The van der Waals surface area contributed by atoms with E-state index >= 15 is 0 Å². The molecule has 0 bridgehead atoms. The Kier molecular flexibility index (Phi) is 4.56. The highest BCUT2D eigenvalue weighted by molar-refractivity contribution is 5.27. The van der Waals surface area contributed by atoms with Crippen molar-refractivity contribution < 1.29 is 17.6 Å². The summed E-state index contributed by atoms with van der Waals surface area (Å²) in [4.78, 5) is 0. The molecule has 1 heterocycles. The maximum absolute atomic E-state index is 13.1. The Hall–Kier alpha value is -1.96. The lowest BCUT2D eigenvalue weighted by Crippen LogP contribution is -2.17. The topological polar surface area (TPSA) is 42.7 Å². The van der Waals surface area contributed by atoms with Crippen molar-refractivity contribution in [1.29, 1.82) is 0 Å². The maximum Gasteiger partial charge on any atom is 0.419 e. The molecule has 0 saturated heterocycles. The fourth-order valence-corrected chi connectivity index (χ4v) is 1.90. The Morgan fingerprint density at radius 1 is 1.24 bits per heavy atom. The molecule has 1 N–H and O–H groups in total. The number of nitrogens with one attached hydrogen (secondary N) is 1. The Bertz CT molecular complexity index is 606. The quantitative estimate of drug-likeness (QED) is 0.864. The Balaban J connectivity index is 2.01. The van der Waals surface area contributed by atoms with Gasteiger partial charge in [0, 0.05) is 13.1 Å². The third kappa shape index (κ3) is 3.78. The molecule has 0 fully saturated rings. The van der Waals surface area contributed by atoms with Crippen molar-refractivity contribution in [3.8, 4) is 0 Å². The molecule has 0 radical (unpaired) electrons. The minimum atomic E-state index is -4.69. The Morgan fingerprint density at radius 2 is 2.00 bits per heavy atom. The van der Waals surface area contributed by atoms with Crippen LogP contribution in [0.1, 0.15) is 23.9 Å². The van der Waals surface area contributed by atoms with Crippen LogP contribution in [0.4, 0.5) is 17.6 Å². The first-order valence-electron chi connectivity index (χ1n) is 6.35. The van der Waals surface area contributed by atoms with Crippen LogP contribution in [0.15, 0.2) is 24.5 Å². The molecule has 0 unspecified atom stereocenters. The number of hydrogen-bond acceptors (Lipinski definition) is 3. The van der Waals surface area contributed by atoms with E-state index in [-0.39, 0.29) is 6.54 Å². The van der Waals surface area contributed by atoms with E-state index in [0.717, 1.165) is 12.1 Å². The first kappa shape index (κ1) is 15.4. The molecular weight excluding hydrogens is 288 g/mol. The van der Waals surface area contributed by atoms with Crippen LogP contribution in [0.5, 0.6) is 0 Å². The average molecular weight is 302 g/mol. The molecule has 114 valence electrons. The molecule has 0 atom stereocenters. The predicted octanol–water partition coefficient (Wildman–Crippen LogP) is 2.75. The Morgan fingerprint density at radius 3 is 2.67 bits per heavy atom. The number of aromatic nitrogens is 3. The molecule has 0 spiro atoms. The summed E-state index contributed by atoms with van der Waals surface area (Å²) >= 11 is 0. The third-order valence-electron chi connectivity index (χ3n) is 2.98. The molecule has 0 aliphatic carbocycles. The summed E-state index contributed by atoms with van der Waals surface area (Å²) in [6, 6.07) is 2.96. The fourth-order valence-electron chi connectivity index (χ4n) is 1.90. The van der Waals surface area contributed by atoms with Gasteiger partial charge in [0.25, 0.3) is 0 Å². The second-order valence-electron chi connectivity index (χ2n) is 4.45. The molecule has 21 heavy (non-hydrogen) atoms. The van der Waals surface area contributed by atoms with E-state index in [2.05, 4.69) is 15.5 Å². The fraction of sp³-hybridized carbons (Fsp3) is 0.385. The molecule has 2 rings (SSSR count). The first-order valence-corrected chi connectivity index (χ1v) is 6.35. The van der Waals surface area contributed by atoms with E-state index in [1.165, 1.54) is 6.07 Å². The molecule has 0 amide bonds. The van der Waals surface area contributed by atoms with Crippen LogP contribution >= 0.6 is 0 Å². The van der Waals surface area contributed by atoms with Gasteiger partial charge in [0.15, 0.2) is 0 Å². The summed E-state index contributed by atoms with van der Waals surface area (Å²) in [6.45, 7) is 3.19. The smallest absolute Gasteiger partial charge is 0.317 e. The summed E-state index contributed by atoms with van der Waals surface area (Å²) in [6.07, 6.45) is -3.11. The molecular formula is C13H14F4N4. The number of hydrogen-bond donors (Lipinski definition) is 1. The van der Waals surface area contributed by atoms with Crippen molar-refractivity contribution >= 4 is 0 Å². The second kappa shape index (κ2) is 6.21. The lowest BCUT2D eigenvalue weighted by Gasteiger charge is -2.11. The van der Waals surface area contributed by atoms with E-state index < -0.39 is 17.6 Å². The summed E-state index contributed by atoms with van der Waals surface area (Å²) in [5.41, 5.74) is -0.898. The molecule has 0 aliphatic heterocycles. The number of halogens is 4. The zero-order chi connectivity index (χ0) is 15.5. The van der Waals surface area contributed by atoms with Gasteiger partial charge in [-0.25, -0.2) is 4.39 Å². The van der Waals surface area contributed by atoms with Gasteiger partial charge in [-0.15, -0.1) is 10.2 Å². The molecule has 1 aromatic heterocycles. The van der Waals surface area contributed by atoms with Crippen LogP contribution in [0.25, 0.3) is 0 Å². The van der Waals surface area contributed by atoms with Crippen molar-refractivity contribution in [3.05, 3.63) is 47.3 Å². The van der Waals surface area contributed by atoms with Gasteiger partial charge in [-0.2, -0.15) is 13.2 Å². The van der Waals surface area contributed by atoms with E-state index in [1.807, 2.05) is 11.5 Å². The second-order valence-corrected chi connectivity index (χ2v) is 4.45.